The van der Waals surface area contributed by atoms with Crippen LogP contribution >= 0.6 is 0 Å². The molecule has 0 N–H and O–H groups in total. The van der Waals surface area contributed by atoms with E-state index in [-0.39, 0.29) is 17.2 Å². The second kappa shape index (κ2) is 8.18. The van der Waals surface area contributed by atoms with Crippen molar-refractivity contribution in [3.05, 3.63) is 41.9 Å². The lowest BCUT2D eigenvalue weighted by molar-refractivity contribution is 0.0521. The number of esters is 1. The summed E-state index contributed by atoms with van der Waals surface area (Å²) in [6, 6.07) is 3.65. The molecule has 0 saturated carbocycles. The molecule has 0 atom stereocenters. The van der Waals surface area contributed by atoms with Gasteiger partial charge in [0.1, 0.15) is 5.56 Å². The number of hydrogen-bond acceptors (Lipinski definition) is 6. The highest BCUT2D eigenvalue weighted by atomic mass is 32.2. The van der Waals surface area contributed by atoms with E-state index < -0.39 is 16.0 Å². The first-order valence-electron chi connectivity index (χ1n) is 9.05. The van der Waals surface area contributed by atoms with Crippen molar-refractivity contribution in [1.29, 1.82) is 0 Å². The van der Waals surface area contributed by atoms with Gasteiger partial charge in [0.15, 0.2) is 0 Å². The van der Waals surface area contributed by atoms with Crippen LogP contribution in [0, 0.1) is 5.92 Å². The smallest absolute Gasteiger partial charge is 0.342 e. The molecule has 0 spiro atoms. The van der Waals surface area contributed by atoms with Gasteiger partial charge < -0.3 is 4.74 Å². The van der Waals surface area contributed by atoms with E-state index in [4.69, 9.17) is 4.74 Å². The number of carbonyl (C=O) groups excluding carboxylic acids is 1. The monoisotopic (exact) mass is 392 g/mol. The minimum atomic E-state index is -3.87. The van der Waals surface area contributed by atoms with Gasteiger partial charge in [-0.25, -0.2) is 13.2 Å². The van der Waals surface area contributed by atoms with E-state index in [0.29, 0.717) is 25.6 Å². The predicted molar refractivity (Wildman–Crippen MR) is 98.7 cm³/mol. The number of pyridine rings is 1. The molecule has 3 rings (SSSR count). The molecule has 0 radical (unpaired) electrons. The predicted octanol–water partition coefficient (Wildman–Crippen LogP) is 1.92. The summed E-state index contributed by atoms with van der Waals surface area (Å²) in [5.74, 6) is -0.192. The molecule has 2 aromatic heterocycles. The number of carbonyl (C=O) groups is 1. The van der Waals surface area contributed by atoms with Gasteiger partial charge in [0, 0.05) is 31.7 Å². The van der Waals surface area contributed by atoms with E-state index in [1.807, 2.05) is 6.07 Å². The number of nitrogens with zero attached hydrogens (tertiary/aromatic N) is 4. The fourth-order valence-corrected chi connectivity index (χ4v) is 4.61. The maximum Gasteiger partial charge on any atom is 0.342 e. The molecule has 146 valence electrons. The summed E-state index contributed by atoms with van der Waals surface area (Å²) in [6.07, 6.45) is 6.36. The number of hydrogen-bond donors (Lipinski definition) is 0. The average molecular weight is 392 g/mol. The Kier molecular flexibility index (Phi) is 5.91. The standard InChI is InChI=1S/C18H24N4O4S/c1-3-26-18(23)16-13-21(12-15-5-4-8-19-11-15)20-17(16)27(24,25)22-9-6-14(2)7-10-22/h4-5,8,11,13-14H,3,6-7,9-10,12H2,1-2H3. The van der Waals surface area contributed by atoms with Crippen molar-refractivity contribution in [3.63, 3.8) is 0 Å². The van der Waals surface area contributed by atoms with Gasteiger partial charge in [-0.1, -0.05) is 13.0 Å². The highest BCUT2D eigenvalue weighted by molar-refractivity contribution is 7.89. The molecule has 9 heteroatoms. The van der Waals surface area contributed by atoms with Crippen LogP contribution in [0.5, 0.6) is 0 Å². The van der Waals surface area contributed by atoms with Crippen LogP contribution in [0.4, 0.5) is 0 Å². The van der Waals surface area contributed by atoms with Crippen molar-refractivity contribution in [2.75, 3.05) is 19.7 Å². The van der Waals surface area contributed by atoms with Crippen molar-refractivity contribution in [1.82, 2.24) is 19.1 Å². The molecule has 1 fully saturated rings. The lowest BCUT2D eigenvalue weighted by Crippen LogP contribution is -2.38. The Morgan fingerprint density at radius 2 is 2.07 bits per heavy atom. The van der Waals surface area contributed by atoms with Gasteiger partial charge in [-0.3, -0.25) is 9.67 Å². The molecule has 0 unspecified atom stereocenters. The van der Waals surface area contributed by atoms with E-state index in [1.54, 1.807) is 25.4 Å². The summed E-state index contributed by atoms with van der Waals surface area (Å²) in [4.78, 5) is 16.4. The normalized spacial score (nSPS) is 16.4. The van der Waals surface area contributed by atoms with E-state index >= 15 is 0 Å². The van der Waals surface area contributed by atoms with Gasteiger partial charge in [0.2, 0.25) is 5.03 Å². The van der Waals surface area contributed by atoms with Crippen LogP contribution in [0.15, 0.2) is 35.7 Å². The Hall–Kier alpha value is -2.26. The third-order valence-corrected chi connectivity index (χ3v) is 6.45. The van der Waals surface area contributed by atoms with Crippen LogP contribution in [0.1, 0.15) is 42.6 Å². The van der Waals surface area contributed by atoms with Crippen molar-refractivity contribution >= 4 is 16.0 Å². The van der Waals surface area contributed by atoms with E-state index in [2.05, 4.69) is 17.0 Å². The molecular weight excluding hydrogens is 368 g/mol. The molecule has 0 amide bonds. The van der Waals surface area contributed by atoms with E-state index in [1.165, 1.54) is 15.2 Å². The van der Waals surface area contributed by atoms with Crippen molar-refractivity contribution < 1.29 is 17.9 Å². The molecule has 27 heavy (non-hydrogen) atoms. The number of sulfonamides is 1. The van der Waals surface area contributed by atoms with Crippen molar-refractivity contribution in [2.24, 2.45) is 5.92 Å². The number of ether oxygens (including phenoxy) is 1. The summed E-state index contributed by atoms with van der Waals surface area (Å²) < 4.78 is 34.1. The quantitative estimate of drug-likeness (QED) is 0.697. The van der Waals surface area contributed by atoms with Crippen LogP contribution in [0.2, 0.25) is 0 Å². The largest absolute Gasteiger partial charge is 0.462 e. The second-order valence-electron chi connectivity index (χ2n) is 6.71. The maximum absolute atomic E-state index is 13.1. The van der Waals surface area contributed by atoms with Crippen LogP contribution in [0.25, 0.3) is 0 Å². The topological polar surface area (TPSA) is 94.4 Å². The lowest BCUT2D eigenvalue weighted by Gasteiger charge is -2.28. The fourth-order valence-electron chi connectivity index (χ4n) is 3.05. The van der Waals surface area contributed by atoms with Crippen molar-refractivity contribution in [3.8, 4) is 0 Å². The fraction of sp³-hybridized carbons (Fsp3) is 0.500. The number of piperidine rings is 1. The zero-order valence-corrected chi connectivity index (χ0v) is 16.4. The molecule has 3 heterocycles. The molecule has 1 aliphatic rings. The Morgan fingerprint density at radius 3 is 2.70 bits per heavy atom. The third kappa shape index (κ3) is 4.36. The van der Waals surface area contributed by atoms with Crippen LogP contribution in [0.3, 0.4) is 0 Å². The molecule has 0 aromatic carbocycles. The SMILES string of the molecule is CCOC(=O)c1cn(Cc2cccnc2)nc1S(=O)(=O)N1CCC(C)CC1. The molecule has 2 aromatic rings. The average Bonchev–Trinajstić information content (AvgIpc) is 3.08. The second-order valence-corrected chi connectivity index (χ2v) is 8.57. The lowest BCUT2D eigenvalue weighted by atomic mass is 10.0. The van der Waals surface area contributed by atoms with Crippen molar-refractivity contribution in [2.45, 2.75) is 38.3 Å². The molecule has 8 nitrogen and oxygen atoms in total. The van der Waals surface area contributed by atoms with E-state index in [0.717, 1.165) is 18.4 Å². The minimum Gasteiger partial charge on any atom is -0.462 e. The van der Waals surface area contributed by atoms with Gasteiger partial charge in [-0.2, -0.15) is 9.40 Å². The molecule has 0 aliphatic carbocycles. The zero-order chi connectivity index (χ0) is 19.4. The summed E-state index contributed by atoms with van der Waals surface area (Å²) in [5, 5.41) is 4.00. The summed E-state index contributed by atoms with van der Waals surface area (Å²) in [5.41, 5.74) is 0.825. The Balaban J connectivity index is 1.95. The summed E-state index contributed by atoms with van der Waals surface area (Å²) >= 11 is 0. The minimum absolute atomic E-state index is 0.0284. The van der Waals surface area contributed by atoms with E-state index in [9.17, 15) is 13.2 Å². The Labute approximate surface area is 159 Å². The molecule has 1 aliphatic heterocycles. The first kappa shape index (κ1) is 19.5. The third-order valence-electron chi connectivity index (χ3n) is 4.62. The molecular formula is C18H24N4O4S. The molecule has 0 bridgehead atoms. The van der Waals surface area contributed by atoms with Gasteiger partial charge in [0.25, 0.3) is 10.0 Å². The first-order chi connectivity index (χ1) is 12.9. The Morgan fingerprint density at radius 1 is 1.33 bits per heavy atom. The van der Waals surface area contributed by atoms with Gasteiger partial charge in [0.05, 0.1) is 13.2 Å². The first-order valence-corrected chi connectivity index (χ1v) is 10.5. The molecule has 1 saturated heterocycles. The van der Waals surface area contributed by atoms with Crippen LogP contribution in [-0.4, -0.2) is 53.2 Å². The number of aromatic nitrogens is 3. The van der Waals surface area contributed by atoms with Gasteiger partial charge >= 0.3 is 5.97 Å². The summed E-state index contributed by atoms with van der Waals surface area (Å²) in [7, 11) is -3.87. The maximum atomic E-state index is 13.1. The highest BCUT2D eigenvalue weighted by Crippen LogP contribution is 2.25. The zero-order valence-electron chi connectivity index (χ0n) is 15.5. The van der Waals surface area contributed by atoms with Gasteiger partial charge in [-0.15, -0.1) is 0 Å². The Bertz CT molecular complexity index is 887. The summed E-state index contributed by atoms with van der Waals surface area (Å²) in [6.45, 7) is 5.12. The van der Waals surface area contributed by atoms with Crippen LogP contribution < -0.4 is 0 Å². The van der Waals surface area contributed by atoms with Crippen LogP contribution in [-0.2, 0) is 21.3 Å². The highest BCUT2D eigenvalue weighted by Gasteiger charge is 2.35. The number of rotatable bonds is 6. The van der Waals surface area contributed by atoms with Gasteiger partial charge in [-0.05, 0) is 37.3 Å².